The maximum Gasteiger partial charge on any atom is 0.224 e. The Morgan fingerprint density at radius 2 is 2.15 bits per heavy atom. The van der Waals surface area contributed by atoms with E-state index < -0.39 is 6.10 Å². The highest BCUT2D eigenvalue weighted by Crippen LogP contribution is 2.18. The number of hydrogen-bond donors (Lipinski definition) is 2. The number of carbonyl (C=O) groups excluding carboxylic acids is 1. The number of aliphatic hydroxyl groups excluding tert-OH is 1. The molecule has 1 aliphatic heterocycles. The minimum Gasteiger partial charge on any atom is -0.389 e. The van der Waals surface area contributed by atoms with Gasteiger partial charge in [-0.25, -0.2) is 0 Å². The Balaban J connectivity index is 1.75. The number of amides is 1. The number of anilines is 1. The van der Waals surface area contributed by atoms with Gasteiger partial charge in [0.15, 0.2) is 0 Å². The van der Waals surface area contributed by atoms with Crippen molar-refractivity contribution >= 4 is 11.6 Å². The fourth-order valence-electron chi connectivity index (χ4n) is 2.40. The first-order chi connectivity index (χ1) is 9.65. The van der Waals surface area contributed by atoms with Crippen LogP contribution in [-0.4, -0.2) is 23.7 Å². The Morgan fingerprint density at radius 3 is 2.75 bits per heavy atom. The smallest absolute Gasteiger partial charge is 0.224 e. The molecule has 2 N–H and O–H groups in total. The van der Waals surface area contributed by atoms with Crippen LogP contribution in [-0.2, 0) is 9.53 Å². The van der Waals surface area contributed by atoms with Crippen molar-refractivity contribution < 1.29 is 14.6 Å². The van der Waals surface area contributed by atoms with Crippen LogP contribution in [0.3, 0.4) is 0 Å². The lowest BCUT2D eigenvalue weighted by Gasteiger charge is -2.22. The third kappa shape index (κ3) is 4.62. The molecule has 1 saturated heterocycles. The summed E-state index contributed by atoms with van der Waals surface area (Å²) in [6.07, 6.45) is 4.44. The van der Waals surface area contributed by atoms with Gasteiger partial charge in [-0.2, -0.15) is 0 Å². The molecule has 2 unspecified atom stereocenters. The van der Waals surface area contributed by atoms with Gasteiger partial charge in [0.25, 0.3) is 0 Å². The monoisotopic (exact) mass is 277 g/mol. The Morgan fingerprint density at radius 1 is 1.40 bits per heavy atom. The van der Waals surface area contributed by atoms with Gasteiger partial charge in [-0.05, 0) is 50.3 Å². The molecule has 1 heterocycles. The fraction of sp³-hybridized carbons (Fsp3) is 0.562. The minimum atomic E-state index is -0.483. The Kier molecular flexibility index (Phi) is 5.56. The molecule has 0 bridgehead atoms. The second kappa shape index (κ2) is 7.41. The molecule has 2 rings (SSSR count). The predicted molar refractivity (Wildman–Crippen MR) is 78.5 cm³/mol. The molecule has 4 nitrogen and oxygen atoms in total. The molecule has 0 saturated carbocycles. The van der Waals surface area contributed by atoms with Gasteiger partial charge in [-0.15, -0.1) is 0 Å². The largest absolute Gasteiger partial charge is 0.389 e. The van der Waals surface area contributed by atoms with Crippen LogP contribution in [0.4, 0.5) is 5.69 Å². The van der Waals surface area contributed by atoms with Crippen molar-refractivity contribution in [3.63, 3.8) is 0 Å². The topological polar surface area (TPSA) is 58.6 Å². The highest BCUT2D eigenvalue weighted by Gasteiger charge is 2.15. The van der Waals surface area contributed by atoms with Gasteiger partial charge in [-0.1, -0.05) is 12.1 Å². The summed E-state index contributed by atoms with van der Waals surface area (Å²) in [7, 11) is 0. The molecule has 1 aromatic carbocycles. The van der Waals surface area contributed by atoms with E-state index in [1.165, 1.54) is 6.42 Å². The van der Waals surface area contributed by atoms with E-state index in [-0.39, 0.29) is 12.0 Å². The van der Waals surface area contributed by atoms with E-state index >= 15 is 0 Å². The Labute approximate surface area is 120 Å². The highest BCUT2D eigenvalue weighted by molar-refractivity contribution is 5.90. The summed E-state index contributed by atoms with van der Waals surface area (Å²) >= 11 is 0. The van der Waals surface area contributed by atoms with Crippen LogP contribution in [0.5, 0.6) is 0 Å². The third-order valence-electron chi connectivity index (χ3n) is 3.64. The number of nitrogens with one attached hydrogen (secondary N) is 1. The first-order valence-corrected chi connectivity index (χ1v) is 7.34. The molecule has 1 aromatic rings. The fourth-order valence-corrected chi connectivity index (χ4v) is 2.40. The van der Waals surface area contributed by atoms with Crippen LogP contribution >= 0.6 is 0 Å². The normalized spacial score (nSPS) is 20.4. The summed E-state index contributed by atoms with van der Waals surface area (Å²) in [5.74, 6) is 0.0176. The molecule has 1 amide bonds. The van der Waals surface area contributed by atoms with Gasteiger partial charge in [0.05, 0.1) is 12.2 Å². The average molecular weight is 277 g/mol. The summed E-state index contributed by atoms with van der Waals surface area (Å²) in [5, 5.41) is 12.3. The van der Waals surface area contributed by atoms with Crippen molar-refractivity contribution in [3.8, 4) is 0 Å². The van der Waals surface area contributed by atoms with Crippen LogP contribution in [0.1, 0.15) is 50.7 Å². The maximum atomic E-state index is 11.9. The zero-order valence-electron chi connectivity index (χ0n) is 12.0. The number of benzene rings is 1. The van der Waals surface area contributed by atoms with Gasteiger partial charge >= 0.3 is 0 Å². The molecule has 1 aliphatic rings. The summed E-state index contributed by atoms with van der Waals surface area (Å²) in [5.41, 5.74) is 1.61. The molecule has 20 heavy (non-hydrogen) atoms. The molecule has 0 radical (unpaired) electrons. The van der Waals surface area contributed by atoms with E-state index in [1.807, 2.05) is 24.3 Å². The standard InChI is InChI=1S/C16H23NO3/c1-12(18)13-5-7-14(8-6-13)17-16(19)10-9-15-4-2-3-11-20-15/h5-8,12,15,18H,2-4,9-11H2,1H3,(H,17,19). The Bertz CT molecular complexity index is 422. The van der Waals surface area contributed by atoms with E-state index in [4.69, 9.17) is 4.74 Å². The van der Waals surface area contributed by atoms with Crippen molar-refractivity contribution in [1.29, 1.82) is 0 Å². The summed E-state index contributed by atoms with van der Waals surface area (Å²) in [6.45, 7) is 2.55. The van der Waals surface area contributed by atoms with Crippen molar-refractivity contribution in [2.45, 2.75) is 51.2 Å². The van der Waals surface area contributed by atoms with Crippen molar-refractivity contribution in [1.82, 2.24) is 0 Å². The molecule has 0 aromatic heterocycles. The summed E-state index contributed by atoms with van der Waals surface area (Å²) in [6, 6.07) is 7.28. The second-order valence-corrected chi connectivity index (χ2v) is 5.37. The number of aliphatic hydroxyl groups is 1. The highest BCUT2D eigenvalue weighted by atomic mass is 16.5. The zero-order valence-corrected chi connectivity index (χ0v) is 12.0. The van der Waals surface area contributed by atoms with Crippen LogP contribution in [0.2, 0.25) is 0 Å². The molecular weight excluding hydrogens is 254 g/mol. The van der Waals surface area contributed by atoms with Crippen LogP contribution in [0.25, 0.3) is 0 Å². The molecule has 2 atom stereocenters. The van der Waals surface area contributed by atoms with Gasteiger partial charge in [0.2, 0.25) is 5.91 Å². The molecule has 1 fully saturated rings. The van der Waals surface area contributed by atoms with Crippen LogP contribution in [0, 0.1) is 0 Å². The lowest BCUT2D eigenvalue weighted by Crippen LogP contribution is -2.21. The van der Waals surface area contributed by atoms with Gasteiger partial charge < -0.3 is 15.2 Å². The molecule has 0 aliphatic carbocycles. The summed E-state index contributed by atoms with van der Waals surface area (Å²) < 4.78 is 5.61. The number of rotatable bonds is 5. The van der Waals surface area contributed by atoms with Crippen molar-refractivity contribution in [2.24, 2.45) is 0 Å². The lowest BCUT2D eigenvalue weighted by atomic mass is 10.0. The lowest BCUT2D eigenvalue weighted by molar-refractivity contribution is -0.117. The first-order valence-electron chi connectivity index (χ1n) is 7.34. The van der Waals surface area contributed by atoms with E-state index in [0.717, 1.165) is 37.1 Å². The summed E-state index contributed by atoms with van der Waals surface area (Å²) in [4.78, 5) is 11.9. The molecular formula is C16H23NO3. The van der Waals surface area contributed by atoms with E-state index in [9.17, 15) is 9.90 Å². The van der Waals surface area contributed by atoms with E-state index in [1.54, 1.807) is 6.92 Å². The van der Waals surface area contributed by atoms with Crippen LogP contribution in [0.15, 0.2) is 24.3 Å². The quantitative estimate of drug-likeness (QED) is 0.869. The zero-order chi connectivity index (χ0) is 14.4. The molecule has 0 spiro atoms. The van der Waals surface area contributed by atoms with E-state index in [2.05, 4.69) is 5.32 Å². The average Bonchev–Trinajstić information content (AvgIpc) is 2.47. The van der Waals surface area contributed by atoms with Gasteiger partial charge in [-0.3, -0.25) is 4.79 Å². The van der Waals surface area contributed by atoms with Gasteiger partial charge in [0, 0.05) is 18.7 Å². The SMILES string of the molecule is CC(O)c1ccc(NC(=O)CCC2CCCCO2)cc1. The predicted octanol–water partition coefficient (Wildman–Crippen LogP) is 3.03. The molecule has 4 heteroatoms. The number of hydrogen-bond acceptors (Lipinski definition) is 3. The van der Waals surface area contributed by atoms with Crippen molar-refractivity contribution in [2.75, 3.05) is 11.9 Å². The third-order valence-corrected chi connectivity index (χ3v) is 3.64. The first kappa shape index (κ1) is 15.0. The number of carbonyl (C=O) groups is 1. The van der Waals surface area contributed by atoms with E-state index in [0.29, 0.717) is 6.42 Å². The van der Waals surface area contributed by atoms with Gasteiger partial charge in [0.1, 0.15) is 0 Å². The maximum absolute atomic E-state index is 11.9. The minimum absolute atomic E-state index is 0.0176. The number of ether oxygens (including phenoxy) is 1. The van der Waals surface area contributed by atoms with Crippen LogP contribution < -0.4 is 5.32 Å². The second-order valence-electron chi connectivity index (χ2n) is 5.37. The Hall–Kier alpha value is -1.39. The van der Waals surface area contributed by atoms with Crippen molar-refractivity contribution in [3.05, 3.63) is 29.8 Å². The molecule has 110 valence electrons.